The highest BCUT2D eigenvalue weighted by Crippen LogP contribution is 2.51. The average molecular weight is 789 g/mol. The van der Waals surface area contributed by atoms with E-state index in [2.05, 4.69) is 217 Å². The molecular weight excluding hydrogens is 741 g/mol. The number of hydrogen-bond donors (Lipinski definition) is 1. The van der Waals surface area contributed by atoms with Gasteiger partial charge >= 0.3 is 0 Å². The molecule has 0 bridgehead atoms. The average Bonchev–Trinajstić information content (AvgIpc) is 3.87. The number of rotatable bonds is 8. The van der Waals surface area contributed by atoms with Crippen LogP contribution in [0.25, 0.3) is 72.4 Å². The van der Waals surface area contributed by atoms with Crippen LogP contribution >= 0.6 is 0 Å². The van der Waals surface area contributed by atoms with Gasteiger partial charge in [0.25, 0.3) is 0 Å². The molecule has 2 aliphatic rings. The SMILES string of the molecule is CN/C(=C\C(=N/Cn1c2ccc(-c3ccc4c(c3)c3c(n4-c4ccccc4)CC(C)C=C3)cc2c2cc3c(cc21)C(C)(C)c1ccccc1-3)c1ccccc1)c1ccccc1. The summed E-state index contributed by atoms with van der Waals surface area (Å²) in [6, 6.07) is 59.8. The zero-order valence-corrected chi connectivity index (χ0v) is 35.2. The predicted molar refractivity (Wildman–Crippen MR) is 258 cm³/mol. The van der Waals surface area contributed by atoms with E-state index in [9.17, 15) is 0 Å². The minimum absolute atomic E-state index is 0.123. The molecule has 2 aliphatic carbocycles. The zero-order valence-electron chi connectivity index (χ0n) is 35.2. The summed E-state index contributed by atoms with van der Waals surface area (Å²) in [5.41, 5.74) is 19.4. The number of fused-ring (bicyclic) bond motifs is 9. The van der Waals surface area contributed by atoms with Crippen LogP contribution in [0.3, 0.4) is 0 Å². The molecule has 2 aromatic heterocycles. The maximum atomic E-state index is 5.46. The highest BCUT2D eigenvalue weighted by atomic mass is 15.1. The third-order valence-corrected chi connectivity index (χ3v) is 13.2. The van der Waals surface area contributed by atoms with Gasteiger partial charge in [-0.2, -0.15) is 0 Å². The zero-order chi connectivity index (χ0) is 41.2. The Balaban J connectivity index is 1.10. The fraction of sp³-hybridized carbons (Fsp3) is 0.140. The Morgan fingerprint density at radius 1 is 0.656 bits per heavy atom. The molecule has 9 aromatic rings. The Hall–Kier alpha value is -7.17. The van der Waals surface area contributed by atoms with Crippen molar-refractivity contribution in [2.45, 2.75) is 39.3 Å². The first-order valence-electron chi connectivity index (χ1n) is 21.5. The van der Waals surface area contributed by atoms with Gasteiger partial charge < -0.3 is 14.5 Å². The highest BCUT2D eigenvalue weighted by molar-refractivity contribution is 6.13. The van der Waals surface area contributed by atoms with Crippen LogP contribution < -0.4 is 5.32 Å². The molecule has 61 heavy (non-hydrogen) atoms. The number of allylic oxidation sites excluding steroid dienone is 2. The summed E-state index contributed by atoms with van der Waals surface area (Å²) in [6.45, 7) is 7.51. The summed E-state index contributed by atoms with van der Waals surface area (Å²) < 4.78 is 4.90. The lowest BCUT2D eigenvalue weighted by atomic mass is 9.82. The van der Waals surface area contributed by atoms with Crippen LogP contribution in [-0.4, -0.2) is 21.9 Å². The molecule has 4 heteroatoms. The number of hydrogen-bond acceptors (Lipinski definition) is 2. The molecule has 7 aromatic carbocycles. The second-order valence-corrected chi connectivity index (χ2v) is 17.3. The van der Waals surface area contributed by atoms with Crippen molar-refractivity contribution in [1.29, 1.82) is 0 Å². The minimum Gasteiger partial charge on any atom is -0.388 e. The van der Waals surface area contributed by atoms with Gasteiger partial charge in [0.1, 0.15) is 6.67 Å². The number of para-hydroxylation sites is 1. The quantitative estimate of drug-likeness (QED) is 0.153. The van der Waals surface area contributed by atoms with E-state index in [1.165, 1.54) is 83.0 Å². The Labute approximate surface area is 357 Å². The molecule has 0 spiro atoms. The summed E-state index contributed by atoms with van der Waals surface area (Å²) in [5, 5.41) is 7.23. The lowest BCUT2D eigenvalue weighted by molar-refractivity contribution is 0.660. The van der Waals surface area contributed by atoms with Gasteiger partial charge in [-0.3, -0.25) is 4.99 Å². The third kappa shape index (κ3) is 6.08. The minimum atomic E-state index is -0.123. The topological polar surface area (TPSA) is 34.2 Å². The van der Waals surface area contributed by atoms with E-state index in [0.717, 1.165) is 29.0 Å². The van der Waals surface area contributed by atoms with E-state index >= 15 is 0 Å². The Kier molecular flexibility index (Phi) is 8.78. The molecule has 0 fully saturated rings. The second-order valence-electron chi connectivity index (χ2n) is 17.3. The molecule has 11 rings (SSSR count). The lowest BCUT2D eigenvalue weighted by Gasteiger charge is -2.21. The van der Waals surface area contributed by atoms with Gasteiger partial charge in [-0.15, -0.1) is 0 Å². The molecule has 1 atom stereocenters. The summed E-state index contributed by atoms with van der Waals surface area (Å²) in [7, 11) is 1.98. The number of benzene rings is 7. The van der Waals surface area contributed by atoms with E-state index in [1.54, 1.807) is 0 Å². The van der Waals surface area contributed by atoms with E-state index in [-0.39, 0.29) is 5.41 Å². The molecule has 0 amide bonds. The number of nitrogens with one attached hydrogen (secondary N) is 1. The predicted octanol–water partition coefficient (Wildman–Crippen LogP) is 13.6. The van der Waals surface area contributed by atoms with Crippen LogP contribution in [0.5, 0.6) is 0 Å². The van der Waals surface area contributed by atoms with Crippen LogP contribution in [0, 0.1) is 5.92 Å². The number of aliphatic imine (C=N–C) groups is 1. The first-order valence-corrected chi connectivity index (χ1v) is 21.5. The van der Waals surface area contributed by atoms with Crippen molar-refractivity contribution in [3.63, 3.8) is 0 Å². The summed E-state index contributed by atoms with van der Waals surface area (Å²) in [6.07, 6.45) is 7.92. The van der Waals surface area contributed by atoms with E-state index < -0.39 is 0 Å². The molecule has 4 nitrogen and oxygen atoms in total. The maximum Gasteiger partial charge on any atom is 0.115 e. The van der Waals surface area contributed by atoms with Gasteiger partial charge in [0.05, 0.1) is 22.3 Å². The van der Waals surface area contributed by atoms with E-state index in [1.807, 2.05) is 7.05 Å². The Morgan fingerprint density at radius 3 is 2.03 bits per heavy atom. The molecule has 0 saturated carbocycles. The van der Waals surface area contributed by atoms with Gasteiger partial charge in [0.2, 0.25) is 0 Å². The van der Waals surface area contributed by atoms with Crippen molar-refractivity contribution in [2.75, 3.05) is 7.05 Å². The highest BCUT2D eigenvalue weighted by Gasteiger charge is 2.36. The largest absolute Gasteiger partial charge is 0.388 e. The molecule has 1 N–H and O–H groups in total. The second kappa shape index (κ2) is 14.5. The van der Waals surface area contributed by atoms with Crippen molar-refractivity contribution in [3.8, 4) is 27.9 Å². The monoisotopic (exact) mass is 788 g/mol. The van der Waals surface area contributed by atoms with Crippen LogP contribution in [0.4, 0.5) is 0 Å². The van der Waals surface area contributed by atoms with Gasteiger partial charge in [-0.1, -0.05) is 148 Å². The summed E-state index contributed by atoms with van der Waals surface area (Å²) in [5.74, 6) is 0.496. The maximum absolute atomic E-state index is 5.46. The fourth-order valence-electron chi connectivity index (χ4n) is 10.1. The van der Waals surface area contributed by atoms with E-state index in [4.69, 9.17) is 4.99 Å². The standard InChI is InChI=1S/C57H48N4/c1-37-24-27-44-46-31-41(26-29-54(46)61(56(44)30-37)42-20-12-7-13-21-42)40-25-28-53-47(32-40)48-33-45-43-22-14-15-23-49(43)57(2,3)50(45)34-55(48)60(53)36-59-52(39-18-10-6-11-19-39)35-51(58-4)38-16-8-5-9-17-38/h5-29,31-35,37,58H,30,36H2,1-4H3/b51-35-,59-52+. The van der Waals surface area contributed by atoms with Gasteiger partial charge in [-0.25, -0.2) is 0 Å². The van der Waals surface area contributed by atoms with Gasteiger partial charge in [-0.05, 0) is 111 Å². The number of aromatic nitrogens is 2. The van der Waals surface area contributed by atoms with Crippen molar-refractivity contribution < 1.29 is 0 Å². The van der Waals surface area contributed by atoms with Crippen LogP contribution in [0.15, 0.2) is 181 Å². The molecule has 296 valence electrons. The Bertz CT molecular complexity index is 3250. The smallest absolute Gasteiger partial charge is 0.115 e. The van der Waals surface area contributed by atoms with Crippen molar-refractivity contribution in [2.24, 2.45) is 10.9 Å². The first-order chi connectivity index (χ1) is 29.9. The van der Waals surface area contributed by atoms with Crippen LogP contribution in [0.1, 0.15) is 54.3 Å². The van der Waals surface area contributed by atoms with Gasteiger partial charge in [0, 0.05) is 51.3 Å². The van der Waals surface area contributed by atoms with Crippen LogP contribution in [0.2, 0.25) is 0 Å². The van der Waals surface area contributed by atoms with Crippen molar-refractivity contribution in [1.82, 2.24) is 14.5 Å². The Morgan fingerprint density at radius 2 is 1.30 bits per heavy atom. The van der Waals surface area contributed by atoms with Crippen LogP contribution in [-0.2, 0) is 18.5 Å². The molecular formula is C57H48N4. The molecule has 0 saturated heterocycles. The normalized spacial score (nSPS) is 15.6. The molecule has 2 heterocycles. The lowest BCUT2D eigenvalue weighted by Crippen LogP contribution is -2.15. The van der Waals surface area contributed by atoms with E-state index in [0.29, 0.717) is 12.6 Å². The van der Waals surface area contributed by atoms with Crippen molar-refractivity contribution >= 4 is 50.2 Å². The fourth-order valence-corrected chi connectivity index (χ4v) is 10.1. The summed E-state index contributed by atoms with van der Waals surface area (Å²) >= 11 is 0. The molecule has 0 aliphatic heterocycles. The third-order valence-electron chi connectivity index (χ3n) is 13.2. The van der Waals surface area contributed by atoms with Crippen molar-refractivity contribution in [3.05, 3.63) is 209 Å². The summed E-state index contributed by atoms with van der Waals surface area (Å²) in [4.78, 5) is 5.46. The first kappa shape index (κ1) is 36.9. The number of nitrogens with zero attached hydrogens (tertiary/aromatic N) is 3. The molecule has 1 unspecified atom stereocenters. The van der Waals surface area contributed by atoms with Gasteiger partial charge in [0.15, 0.2) is 0 Å². The molecule has 0 radical (unpaired) electrons.